The van der Waals surface area contributed by atoms with Crippen molar-refractivity contribution in [2.45, 2.75) is 26.7 Å². The van der Waals surface area contributed by atoms with Crippen molar-refractivity contribution in [3.8, 4) is 0 Å². The zero-order valence-corrected chi connectivity index (χ0v) is 9.75. The van der Waals surface area contributed by atoms with Gasteiger partial charge in [0.25, 0.3) is 0 Å². The lowest BCUT2D eigenvalue weighted by Crippen LogP contribution is -2.08. The number of carbonyl (C=O) groups excluding carboxylic acids is 1. The molecular formula is C13H17FO2. The maximum absolute atomic E-state index is 13.0. The number of benzene rings is 1. The Bertz CT molecular complexity index is 361. The third kappa shape index (κ3) is 4.11. The van der Waals surface area contributed by atoms with Gasteiger partial charge in [0.1, 0.15) is 11.6 Å². The number of aryl methyl sites for hydroxylation is 1. The minimum atomic E-state index is -0.293. The van der Waals surface area contributed by atoms with Gasteiger partial charge in [0.15, 0.2) is 0 Å². The van der Waals surface area contributed by atoms with Gasteiger partial charge in [0, 0.05) is 19.4 Å². The van der Waals surface area contributed by atoms with E-state index in [1.165, 1.54) is 12.1 Å². The number of hydrogen-bond donors (Lipinski definition) is 0. The third-order valence-corrected chi connectivity index (χ3v) is 2.43. The molecule has 0 aliphatic heterocycles. The van der Waals surface area contributed by atoms with Crippen molar-refractivity contribution < 1.29 is 13.9 Å². The number of Topliss-reactive ketones (excluding diaryl/α,β-unsaturated/α-hetero) is 1. The molecule has 0 unspecified atom stereocenters. The van der Waals surface area contributed by atoms with E-state index in [2.05, 4.69) is 0 Å². The van der Waals surface area contributed by atoms with Crippen molar-refractivity contribution >= 4 is 5.78 Å². The Morgan fingerprint density at radius 1 is 1.44 bits per heavy atom. The van der Waals surface area contributed by atoms with Crippen LogP contribution in [0.5, 0.6) is 0 Å². The highest BCUT2D eigenvalue weighted by Gasteiger charge is 2.07. The van der Waals surface area contributed by atoms with Crippen LogP contribution in [0.1, 0.15) is 24.5 Å². The van der Waals surface area contributed by atoms with Crippen LogP contribution in [-0.4, -0.2) is 19.0 Å². The lowest BCUT2D eigenvalue weighted by Gasteiger charge is -2.05. The molecule has 0 radical (unpaired) electrons. The van der Waals surface area contributed by atoms with Crippen LogP contribution in [0.15, 0.2) is 18.2 Å². The van der Waals surface area contributed by atoms with Crippen molar-refractivity contribution in [2.75, 3.05) is 13.2 Å². The van der Waals surface area contributed by atoms with E-state index in [4.69, 9.17) is 4.74 Å². The Balaban J connectivity index is 2.52. The van der Waals surface area contributed by atoms with Crippen molar-refractivity contribution in [1.82, 2.24) is 0 Å². The van der Waals surface area contributed by atoms with E-state index in [1.807, 2.05) is 13.8 Å². The van der Waals surface area contributed by atoms with E-state index < -0.39 is 0 Å². The Morgan fingerprint density at radius 3 is 2.88 bits per heavy atom. The number of halogens is 1. The highest BCUT2D eigenvalue weighted by Crippen LogP contribution is 2.11. The summed E-state index contributed by atoms with van der Waals surface area (Å²) in [7, 11) is 0. The molecule has 1 aromatic carbocycles. The first kappa shape index (κ1) is 12.8. The summed E-state index contributed by atoms with van der Waals surface area (Å²) in [6.07, 6.45) is 0.681. The van der Waals surface area contributed by atoms with Crippen LogP contribution in [0.4, 0.5) is 4.39 Å². The van der Waals surface area contributed by atoms with Crippen molar-refractivity contribution in [3.63, 3.8) is 0 Å². The molecule has 0 saturated carbocycles. The van der Waals surface area contributed by atoms with Crippen LogP contribution in [0.2, 0.25) is 0 Å². The fourth-order valence-electron chi connectivity index (χ4n) is 1.46. The second kappa shape index (κ2) is 6.38. The minimum Gasteiger partial charge on any atom is -0.381 e. The first-order valence-electron chi connectivity index (χ1n) is 5.48. The maximum Gasteiger partial charge on any atom is 0.139 e. The Hall–Kier alpha value is -1.22. The Morgan fingerprint density at radius 2 is 2.19 bits per heavy atom. The van der Waals surface area contributed by atoms with E-state index >= 15 is 0 Å². The average molecular weight is 224 g/mol. The smallest absolute Gasteiger partial charge is 0.139 e. The van der Waals surface area contributed by atoms with E-state index in [9.17, 15) is 9.18 Å². The molecule has 1 rings (SSSR count). The van der Waals surface area contributed by atoms with E-state index in [0.29, 0.717) is 19.6 Å². The molecule has 2 nitrogen and oxygen atoms in total. The third-order valence-electron chi connectivity index (χ3n) is 2.43. The highest BCUT2D eigenvalue weighted by molar-refractivity contribution is 5.81. The van der Waals surface area contributed by atoms with Gasteiger partial charge < -0.3 is 4.74 Å². The molecule has 0 spiro atoms. The molecule has 16 heavy (non-hydrogen) atoms. The second-order valence-corrected chi connectivity index (χ2v) is 3.73. The lowest BCUT2D eigenvalue weighted by molar-refractivity contribution is -0.119. The molecule has 0 atom stereocenters. The first-order valence-corrected chi connectivity index (χ1v) is 5.48. The van der Waals surface area contributed by atoms with Gasteiger partial charge in [-0.3, -0.25) is 4.79 Å². The van der Waals surface area contributed by atoms with Crippen molar-refractivity contribution in [3.05, 3.63) is 35.1 Å². The Labute approximate surface area is 95.4 Å². The normalized spacial score (nSPS) is 10.4. The SMILES string of the molecule is CCOCCC(=O)Cc1cc(F)ccc1C. The number of hydrogen-bond acceptors (Lipinski definition) is 2. The van der Waals surface area contributed by atoms with E-state index in [0.717, 1.165) is 11.1 Å². The van der Waals surface area contributed by atoms with Gasteiger partial charge in [-0.15, -0.1) is 0 Å². The molecule has 0 bridgehead atoms. The molecule has 1 aromatic rings. The largest absolute Gasteiger partial charge is 0.381 e. The summed E-state index contributed by atoms with van der Waals surface area (Å²) in [5.41, 5.74) is 1.72. The number of ether oxygens (including phenoxy) is 1. The number of rotatable bonds is 6. The van der Waals surface area contributed by atoms with Crippen LogP contribution < -0.4 is 0 Å². The van der Waals surface area contributed by atoms with Gasteiger partial charge in [-0.2, -0.15) is 0 Å². The molecule has 0 fully saturated rings. The predicted molar refractivity (Wildman–Crippen MR) is 61.0 cm³/mol. The molecule has 0 aliphatic carbocycles. The number of ketones is 1. The topological polar surface area (TPSA) is 26.3 Å². The van der Waals surface area contributed by atoms with Gasteiger partial charge in [-0.05, 0) is 37.1 Å². The zero-order chi connectivity index (χ0) is 12.0. The molecule has 0 amide bonds. The lowest BCUT2D eigenvalue weighted by atomic mass is 10.0. The van der Waals surface area contributed by atoms with Crippen molar-refractivity contribution in [1.29, 1.82) is 0 Å². The minimum absolute atomic E-state index is 0.0853. The molecule has 0 N–H and O–H groups in total. The quantitative estimate of drug-likeness (QED) is 0.694. The summed E-state index contributed by atoms with van der Waals surface area (Å²) < 4.78 is 18.1. The summed E-state index contributed by atoms with van der Waals surface area (Å²) in [6, 6.07) is 4.53. The fourth-order valence-corrected chi connectivity index (χ4v) is 1.46. The summed E-state index contributed by atoms with van der Waals surface area (Å²) in [5, 5.41) is 0. The Kier molecular flexibility index (Phi) is 5.12. The molecule has 3 heteroatoms. The monoisotopic (exact) mass is 224 g/mol. The summed E-state index contributed by atoms with van der Waals surface area (Å²) in [6.45, 7) is 4.84. The standard InChI is InChI=1S/C13H17FO2/c1-3-16-7-6-13(15)9-11-8-12(14)5-4-10(11)2/h4-5,8H,3,6-7,9H2,1-2H3. The second-order valence-electron chi connectivity index (χ2n) is 3.73. The van der Waals surface area contributed by atoms with Gasteiger partial charge in [-0.25, -0.2) is 4.39 Å². The van der Waals surface area contributed by atoms with Gasteiger partial charge >= 0.3 is 0 Å². The van der Waals surface area contributed by atoms with E-state index in [-0.39, 0.29) is 18.0 Å². The van der Waals surface area contributed by atoms with Crippen LogP contribution in [-0.2, 0) is 16.0 Å². The molecule has 0 saturated heterocycles. The average Bonchev–Trinajstić information content (AvgIpc) is 2.24. The van der Waals surface area contributed by atoms with Crippen LogP contribution in [0.25, 0.3) is 0 Å². The van der Waals surface area contributed by atoms with Crippen LogP contribution in [0.3, 0.4) is 0 Å². The summed E-state index contributed by atoms with van der Waals surface area (Å²) >= 11 is 0. The van der Waals surface area contributed by atoms with Gasteiger partial charge in [0.2, 0.25) is 0 Å². The predicted octanol–water partition coefficient (Wildman–Crippen LogP) is 2.67. The van der Waals surface area contributed by atoms with Gasteiger partial charge in [-0.1, -0.05) is 6.07 Å². The molecule has 88 valence electrons. The summed E-state index contributed by atoms with van der Waals surface area (Å²) in [4.78, 5) is 11.5. The molecule has 0 aliphatic rings. The summed E-state index contributed by atoms with van der Waals surface area (Å²) in [5.74, 6) is -0.208. The highest BCUT2D eigenvalue weighted by atomic mass is 19.1. The first-order chi connectivity index (χ1) is 7.63. The van der Waals surface area contributed by atoms with Crippen molar-refractivity contribution in [2.24, 2.45) is 0 Å². The van der Waals surface area contributed by atoms with E-state index in [1.54, 1.807) is 6.07 Å². The molecule has 0 heterocycles. The number of carbonyl (C=O) groups is 1. The van der Waals surface area contributed by atoms with Crippen LogP contribution in [0, 0.1) is 12.7 Å². The zero-order valence-electron chi connectivity index (χ0n) is 9.75. The van der Waals surface area contributed by atoms with Crippen LogP contribution >= 0.6 is 0 Å². The molecular weight excluding hydrogens is 207 g/mol. The maximum atomic E-state index is 13.0. The van der Waals surface area contributed by atoms with Gasteiger partial charge in [0.05, 0.1) is 6.61 Å². The fraction of sp³-hybridized carbons (Fsp3) is 0.462. The molecule has 0 aromatic heterocycles.